The van der Waals surface area contributed by atoms with Crippen LogP contribution in [0.4, 0.5) is 13.2 Å². The van der Waals surface area contributed by atoms with Crippen molar-refractivity contribution in [3.05, 3.63) is 57.1 Å². The molecular weight excluding hydrogens is 383 g/mol. The number of hydrogen-bond donors (Lipinski definition) is 3. The second-order valence-electron chi connectivity index (χ2n) is 6.62. The first kappa shape index (κ1) is 22.1. The van der Waals surface area contributed by atoms with Gasteiger partial charge in [-0.15, -0.1) is 11.3 Å². The number of thiophene rings is 1. The van der Waals surface area contributed by atoms with E-state index in [-0.39, 0.29) is 5.70 Å². The molecule has 1 aliphatic rings. The summed E-state index contributed by atoms with van der Waals surface area (Å²) in [6, 6.07) is 0.00910. The Balaban J connectivity index is 2.07. The van der Waals surface area contributed by atoms with Crippen LogP contribution in [0.25, 0.3) is 0 Å². The SMILES string of the molecule is CCCCCCc1ccsc1C#CC1=CCNC(/C(N)=C/C(N)C(F)(F)F)=C1. The molecule has 5 N–H and O–H groups in total. The summed E-state index contributed by atoms with van der Waals surface area (Å²) in [4.78, 5) is 1.04. The zero-order chi connectivity index (χ0) is 20.6. The molecule has 28 heavy (non-hydrogen) atoms. The standard InChI is InChI=1S/C21H26F3N3S/c1-2-3-4-5-6-16-10-12-28-19(16)8-7-15-9-11-27-18(13-15)17(25)14-20(26)21(22,23)24/h9-10,12-14,20,27H,2-6,11,25-26H2,1H3/b17-14-. The van der Waals surface area contributed by atoms with Gasteiger partial charge in [-0.2, -0.15) is 13.2 Å². The van der Waals surface area contributed by atoms with Crippen molar-refractivity contribution in [2.75, 3.05) is 6.54 Å². The van der Waals surface area contributed by atoms with E-state index in [0.717, 1.165) is 29.4 Å². The highest BCUT2D eigenvalue weighted by molar-refractivity contribution is 7.10. The number of unbranched alkanes of at least 4 members (excludes halogenated alkanes) is 3. The number of rotatable bonds is 7. The topological polar surface area (TPSA) is 64.1 Å². The van der Waals surface area contributed by atoms with Gasteiger partial charge >= 0.3 is 6.18 Å². The van der Waals surface area contributed by atoms with Crippen LogP contribution in [0.3, 0.4) is 0 Å². The highest BCUT2D eigenvalue weighted by Crippen LogP contribution is 2.21. The number of aryl methyl sites for hydroxylation is 1. The molecule has 152 valence electrons. The summed E-state index contributed by atoms with van der Waals surface area (Å²) >= 11 is 1.61. The van der Waals surface area contributed by atoms with Crippen LogP contribution in [0.15, 0.2) is 46.6 Å². The predicted octanol–water partition coefficient (Wildman–Crippen LogP) is 4.37. The lowest BCUT2D eigenvalue weighted by atomic mass is 10.1. The molecule has 0 saturated heterocycles. The van der Waals surface area contributed by atoms with Crippen molar-refractivity contribution in [2.45, 2.75) is 51.2 Å². The lowest BCUT2D eigenvalue weighted by Crippen LogP contribution is -2.36. The van der Waals surface area contributed by atoms with Crippen LogP contribution < -0.4 is 16.8 Å². The summed E-state index contributed by atoms with van der Waals surface area (Å²) in [5, 5.41) is 4.99. The summed E-state index contributed by atoms with van der Waals surface area (Å²) in [6.45, 7) is 2.63. The van der Waals surface area contributed by atoms with Gasteiger partial charge in [0.05, 0.1) is 16.3 Å². The lowest BCUT2D eigenvalue weighted by molar-refractivity contribution is -0.137. The molecule has 2 heterocycles. The van der Waals surface area contributed by atoms with Gasteiger partial charge < -0.3 is 16.8 Å². The zero-order valence-electron chi connectivity index (χ0n) is 15.9. The number of alkyl halides is 3. The fourth-order valence-electron chi connectivity index (χ4n) is 2.70. The maximum Gasteiger partial charge on any atom is 0.407 e. The summed E-state index contributed by atoms with van der Waals surface area (Å²) < 4.78 is 37.8. The molecule has 0 aliphatic carbocycles. The molecule has 0 amide bonds. The van der Waals surface area contributed by atoms with Gasteiger partial charge in [-0.25, -0.2) is 0 Å². The maximum atomic E-state index is 12.6. The predicted molar refractivity (Wildman–Crippen MR) is 110 cm³/mol. The largest absolute Gasteiger partial charge is 0.407 e. The van der Waals surface area contributed by atoms with Crippen molar-refractivity contribution >= 4 is 11.3 Å². The van der Waals surface area contributed by atoms with E-state index in [0.29, 0.717) is 12.2 Å². The van der Waals surface area contributed by atoms with Crippen molar-refractivity contribution in [1.29, 1.82) is 0 Å². The number of dihydropyridines is 1. The molecular formula is C21H26F3N3S. The molecule has 0 fully saturated rings. The first-order valence-electron chi connectivity index (χ1n) is 9.35. The Bertz CT molecular complexity index is 807. The number of allylic oxidation sites excluding steroid dienone is 2. The minimum Gasteiger partial charge on any atom is -0.397 e. The number of nitrogens with one attached hydrogen (secondary N) is 1. The molecule has 3 nitrogen and oxygen atoms in total. The Hall–Kier alpha value is -2.17. The van der Waals surface area contributed by atoms with Gasteiger partial charge in [-0.1, -0.05) is 38.0 Å². The Morgan fingerprint density at radius 3 is 2.82 bits per heavy atom. The molecule has 0 bridgehead atoms. The van der Waals surface area contributed by atoms with Gasteiger partial charge in [-0.3, -0.25) is 0 Å². The third-order valence-electron chi connectivity index (χ3n) is 4.33. The van der Waals surface area contributed by atoms with Gasteiger partial charge in [0.1, 0.15) is 6.04 Å². The van der Waals surface area contributed by atoms with Gasteiger partial charge in [0.25, 0.3) is 0 Å². The zero-order valence-corrected chi connectivity index (χ0v) is 16.7. The van der Waals surface area contributed by atoms with E-state index in [2.05, 4.69) is 30.1 Å². The minimum atomic E-state index is -4.52. The average Bonchev–Trinajstić information content (AvgIpc) is 3.10. The van der Waals surface area contributed by atoms with E-state index in [4.69, 9.17) is 11.5 Å². The monoisotopic (exact) mass is 409 g/mol. The van der Waals surface area contributed by atoms with Crippen molar-refractivity contribution in [3.63, 3.8) is 0 Å². The highest BCUT2D eigenvalue weighted by atomic mass is 32.1. The van der Waals surface area contributed by atoms with Crippen LogP contribution in [0.1, 0.15) is 43.0 Å². The quantitative estimate of drug-likeness (QED) is 0.463. The minimum absolute atomic E-state index is 0.0371. The normalized spacial score (nSPS) is 15.8. The Morgan fingerprint density at radius 1 is 1.32 bits per heavy atom. The van der Waals surface area contributed by atoms with Gasteiger partial charge in [0, 0.05) is 12.1 Å². The molecule has 0 saturated carbocycles. The van der Waals surface area contributed by atoms with Crippen LogP contribution in [-0.2, 0) is 6.42 Å². The molecule has 0 spiro atoms. The molecule has 1 atom stereocenters. The molecule has 1 aromatic rings. The van der Waals surface area contributed by atoms with Crippen molar-refractivity contribution in [2.24, 2.45) is 11.5 Å². The molecule has 0 radical (unpaired) electrons. The first-order chi connectivity index (χ1) is 13.3. The van der Waals surface area contributed by atoms with Crippen molar-refractivity contribution in [1.82, 2.24) is 5.32 Å². The van der Waals surface area contributed by atoms with Crippen molar-refractivity contribution < 1.29 is 13.2 Å². The van der Waals surface area contributed by atoms with E-state index in [1.165, 1.54) is 24.8 Å². The van der Waals surface area contributed by atoms with Crippen LogP contribution in [0.2, 0.25) is 0 Å². The third-order valence-corrected chi connectivity index (χ3v) is 5.20. The number of hydrogen-bond acceptors (Lipinski definition) is 4. The van der Waals surface area contributed by atoms with Gasteiger partial charge in [0.2, 0.25) is 0 Å². The maximum absolute atomic E-state index is 12.6. The lowest BCUT2D eigenvalue weighted by Gasteiger charge is -2.17. The fraction of sp³-hybridized carbons (Fsp3) is 0.429. The highest BCUT2D eigenvalue weighted by Gasteiger charge is 2.35. The summed E-state index contributed by atoms with van der Waals surface area (Å²) in [5.41, 5.74) is 13.2. The van der Waals surface area contributed by atoms with E-state index < -0.39 is 12.2 Å². The Labute approximate surface area is 168 Å². The van der Waals surface area contributed by atoms with Crippen LogP contribution >= 0.6 is 11.3 Å². The fourth-order valence-corrected chi connectivity index (χ4v) is 3.50. The smallest absolute Gasteiger partial charge is 0.397 e. The number of nitrogens with two attached hydrogens (primary N) is 2. The second kappa shape index (κ2) is 10.4. The van der Waals surface area contributed by atoms with E-state index in [1.807, 2.05) is 11.5 Å². The molecule has 1 unspecified atom stereocenters. The summed E-state index contributed by atoms with van der Waals surface area (Å²) in [5.74, 6) is 6.29. The van der Waals surface area contributed by atoms with E-state index in [1.54, 1.807) is 17.4 Å². The Kier molecular flexibility index (Phi) is 8.21. The van der Waals surface area contributed by atoms with Crippen molar-refractivity contribution in [3.8, 4) is 11.8 Å². The average molecular weight is 410 g/mol. The molecule has 2 rings (SSSR count). The van der Waals surface area contributed by atoms with Gasteiger partial charge in [-0.05, 0) is 48.1 Å². The molecule has 0 aromatic carbocycles. The van der Waals surface area contributed by atoms with E-state index in [9.17, 15) is 13.2 Å². The first-order valence-corrected chi connectivity index (χ1v) is 10.2. The molecule has 1 aromatic heterocycles. The third kappa shape index (κ3) is 6.77. The molecule has 7 heteroatoms. The summed E-state index contributed by atoms with van der Waals surface area (Å²) in [6.07, 6.45) is 5.64. The van der Waals surface area contributed by atoms with Crippen LogP contribution in [0.5, 0.6) is 0 Å². The van der Waals surface area contributed by atoms with E-state index >= 15 is 0 Å². The second-order valence-corrected chi connectivity index (χ2v) is 7.54. The van der Waals surface area contributed by atoms with Crippen LogP contribution in [-0.4, -0.2) is 18.8 Å². The number of halogens is 3. The Morgan fingerprint density at radius 2 is 2.11 bits per heavy atom. The van der Waals surface area contributed by atoms with Gasteiger partial charge in [0.15, 0.2) is 0 Å². The summed E-state index contributed by atoms with van der Waals surface area (Å²) in [7, 11) is 0. The molecule has 1 aliphatic heterocycles. The van der Waals surface area contributed by atoms with Crippen LogP contribution in [0, 0.1) is 11.8 Å².